The van der Waals surface area contributed by atoms with E-state index in [-0.39, 0.29) is 24.3 Å². The number of fused-ring (bicyclic) bond motifs is 1. The summed E-state index contributed by atoms with van der Waals surface area (Å²) in [5.74, 6) is -3.93. The third-order valence-electron chi connectivity index (χ3n) is 5.06. The molecule has 0 spiro atoms. The Morgan fingerprint density at radius 3 is 2.67 bits per heavy atom. The summed E-state index contributed by atoms with van der Waals surface area (Å²) in [6.45, 7) is 2.15. The van der Waals surface area contributed by atoms with Gasteiger partial charge in [0.05, 0.1) is 6.04 Å². The molecular formula is C16H18F3NO. The standard InChI is InChI=1S/C16H18F3NO/c1-15(16(2,18)19)9-12-6-7-13(20(12)14(15)21)10-4-3-5-11(17)8-10/h3-5,8,12-13H,6-7,9H2,1-2H3/t12-,13-,15-/m1/s1. The van der Waals surface area contributed by atoms with Crippen LogP contribution in [0.15, 0.2) is 24.3 Å². The molecule has 21 heavy (non-hydrogen) atoms. The molecular weight excluding hydrogens is 279 g/mol. The van der Waals surface area contributed by atoms with Crippen molar-refractivity contribution in [3.63, 3.8) is 0 Å². The molecule has 0 radical (unpaired) electrons. The highest BCUT2D eigenvalue weighted by Gasteiger charge is 2.62. The zero-order valence-corrected chi connectivity index (χ0v) is 12.1. The van der Waals surface area contributed by atoms with Crippen LogP contribution in [0.4, 0.5) is 13.2 Å². The van der Waals surface area contributed by atoms with E-state index >= 15 is 0 Å². The monoisotopic (exact) mass is 297 g/mol. The van der Waals surface area contributed by atoms with Gasteiger partial charge >= 0.3 is 0 Å². The van der Waals surface area contributed by atoms with Gasteiger partial charge < -0.3 is 4.90 Å². The van der Waals surface area contributed by atoms with E-state index < -0.39 is 17.2 Å². The van der Waals surface area contributed by atoms with E-state index in [1.165, 1.54) is 19.1 Å². The van der Waals surface area contributed by atoms with Gasteiger partial charge in [0.2, 0.25) is 5.91 Å². The van der Waals surface area contributed by atoms with Gasteiger partial charge in [0.25, 0.3) is 5.92 Å². The van der Waals surface area contributed by atoms with Gasteiger partial charge in [0.1, 0.15) is 11.2 Å². The minimum atomic E-state index is -3.05. The van der Waals surface area contributed by atoms with E-state index in [1.807, 2.05) is 0 Å². The van der Waals surface area contributed by atoms with Crippen LogP contribution < -0.4 is 0 Å². The molecule has 2 aliphatic rings. The number of alkyl halides is 2. The van der Waals surface area contributed by atoms with Crippen molar-refractivity contribution in [2.45, 2.75) is 51.1 Å². The number of carbonyl (C=O) groups is 1. The summed E-state index contributed by atoms with van der Waals surface area (Å²) in [6.07, 6.45) is 1.56. The zero-order chi connectivity index (χ0) is 15.4. The Morgan fingerprint density at radius 2 is 2.05 bits per heavy atom. The van der Waals surface area contributed by atoms with Gasteiger partial charge in [-0.25, -0.2) is 13.2 Å². The molecule has 3 rings (SSSR count). The maximum absolute atomic E-state index is 13.9. The van der Waals surface area contributed by atoms with E-state index in [9.17, 15) is 18.0 Å². The summed E-state index contributed by atoms with van der Waals surface area (Å²) >= 11 is 0. The molecule has 5 heteroatoms. The van der Waals surface area contributed by atoms with Crippen LogP contribution in [0.25, 0.3) is 0 Å². The molecule has 0 unspecified atom stereocenters. The van der Waals surface area contributed by atoms with Crippen molar-refractivity contribution in [2.75, 3.05) is 0 Å². The Labute approximate surface area is 121 Å². The number of benzene rings is 1. The third kappa shape index (κ3) is 2.05. The average Bonchev–Trinajstić information content (AvgIpc) is 2.89. The first-order chi connectivity index (χ1) is 9.74. The first-order valence-corrected chi connectivity index (χ1v) is 7.20. The third-order valence-corrected chi connectivity index (χ3v) is 5.06. The van der Waals surface area contributed by atoms with Gasteiger partial charge in [-0.3, -0.25) is 4.79 Å². The van der Waals surface area contributed by atoms with Crippen LogP contribution in [0, 0.1) is 11.2 Å². The summed E-state index contributed by atoms with van der Waals surface area (Å²) in [5.41, 5.74) is -0.960. The molecule has 1 aromatic carbocycles. The van der Waals surface area contributed by atoms with Crippen molar-refractivity contribution in [3.8, 4) is 0 Å². The molecule has 2 heterocycles. The lowest BCUT2D eigenvalue weighted by Gasteiger charge is -2.31. The number of hydrogen-bond donors (Lipinski definition) is 0. The van der Waals surface area contributed by atoms with Crippen LogP contribution in [-0.4, -0.2) is 22.8 Å². The Morgan fingerprint density at radius 1 is 1.33 bits per heavy atom. The summed E-state index contributed by atoms with van der Waals surface area (Å²) in [5, 5.41) is 0. The fourth-order valence-corrected chi connectivity index (χ4v) is 3.64. The molecule has 2 nitrogen and oxygen atoms in total. The maximum Gasteiger partial charge on any atom is 0.259 e. The lowest BCUT2D eigenvalue weighted by atomic mass is 9.80. The van der Waals surface area contributed by atoms with Gasteiger partial charge in [-0.05, 0) is 43.9 Å². The second kappa shape index (κ2) is 4.49. The zero-order valence-electron chi connectivity index (χ0n) is 12.1. The molecule has 0 saturated carbocycles. The molecule has 2 fully saturated rings. The van der Waals surface area contributed by atoms with Gasteiger partial charge in [0, 0.05) is 13.0 Å². The largest absolute Gasteiger partial charge is 0.332 e. The second-order valence-corrected chi connectivity index (χ2v) is 6.44. The summed E-state index contributed by atoms with van der Waals surface area (Å²) in [4.78, 5) is 14.1. The van der Waals surface area contributed by atoms with Crippen molar-refractivity contribution < 1.29 is 18.0 Å². The highest BCUT2D eigenvalue weighted by Crippen LogP contribution is 2.54. The van der Waals surface area contributed by atoms with Crippen molar-refractivity contribution in [2.24, 2.45) is 5.41 Å². The number of nitrogens with zero attached hydrogens (tertiary/aromatic N) is 1. The number of hydrogen-bond acceptors (Lipinski definition) is 1. The second-order valence-electron chi connectivity index (χ2n) is 6.44. The van der Waals surface area contributed by atoms with E-state index in [4.69, 9.17) is 0 Å². The quantitative estimate of drug-likeness (QED) is 0.810. The van der Waals surface area contributed by atoms with Crippen molar-refractivity contribution in [1.29, 1.82) is 0 Å². The van der Waals surface area contributed by atoms with Crippen LogP contribution in [0.5, 0.6) is 0 Å². The van der Waals surface area contributed by atoms with E-state index in [1.54, 1.807) is 17.0 Å². The first kappa shape index (κ1) is 14.4. The molecule has 1 amide bonds. The minimum Gasteiger partial charge on any atom is -0.332 e. The Balaban J connectivity index is 1.95. The average molecular weight is 297 g/mol. The van der Waals surface area contributed by atoms with Crippen molar-refractivity contribution in [1.82, 2.24) is 4.90 Å². The predicted octanol–water partition coefficient (Wildman–Crippen LogP) is 3.92. The van der Waals surface area contributed by atoms with Crippen LogP contribution >= 0.6 is 0 Å². The number of amides is 1. The molecule has 3 atom stereocenters. The Bertz CT molecular complexity index is 583. The van der Waals surface area contributed by atoms with Gasteiger partial charge in [-0.1, -0.05) is 12.1 Å². The molecule has 0 aromatic heterocycles. The molecule has 1 aromatic rings. The smallest absolute Gasteiger partial charge is 0.259 e. The summed E-state index contributed by atoms with van der Waals surface area (Å²) < 4.78 is 41.1. The predicted molar refractivity (Wildman–Crippen MR) is 72.4 cm³/mol. The molecule has 2 saturated heterocycles. The highest BCUT2D eigenvalue weighted by atomic mass is 19.3. The lowest BCUT2D eigenvalue weighted by molar-refractivity contribution is -0.156. The van der Waals surface area contributed by atoms with Gasteiger partial charge in [0.15, 0.2) is 0 Å². The van der Waals surface area contributed by atoms with Gasteiger partial charge in [-0.15, -0.1) is 0 Å². The van der Waals surface area contributed by atoms with Crippen LogP contribution in [0.2, 0.25) is 0 Å². The van der Waals surface area contributed by atoms with Crippen molar-refractivity contribution in [3.05, 3.63) is 35.6 Å². The van der Waals surface area contributed by atoms with E-state index in [0.29, 0.717) is 18.4 Å². The van der Waals surface area contributed by atoms with Crippen LogP contribution in [0.1, 0.15) is 44.7 Å². The Kier molecular flexibility index (Phi) is 3.08. The summed E-state index contributed by atoms with van der Waals surface area (Å²) in [7, 11) is 0. The lowest BCUT2D eigenvalue weighted by Crippen LogP contribution is -2.44. The fraction of sp³-hybridized carbons (Fsp3) is 0.562. The first-order valence-electron chi connectivity index (χ1n) is 7.20. The summed E-state index contributed by atoms with van der Waals surface area (Å²) in [6, 6.07) is 5.62. The normalized spacial score (nSPS) is 32.6. The number of rotatable bonds is 2. The van der Waals surface area contributed by atoms with Crippen molar-refractivity contribution >= 4 is 5.91 Å². The molecule has 0 N–H and O–H groups in total. The molecule has 114 valence electrons. The van der Waals surface area contributed by atoms with Crippen LogP contribution in [0.3, 0.4) is 0 Å². The number of carbonyl (C=O) groups excluding carboxylic acids is 1. The van der Waals surface area contributed by atoms with E-state index in [2.05, 4.69) is 0 Å². The maximum atomic E-state index is 13.9. The molecule has 0 bridgehead atoms. The topological polar surface area (TPSA) is 20.3 Å². The van der Waals surface area contributed by atoms with Gasteiger partial charge in [-0.2, -0.15) is 0 Å². The molecule has 0 aliphatic carbocycles. The minimum absolute atomic E-state index is 0.165. The SMILES string of the molecule is CC(F)(F)[C@]1(C)C[C@H]2CC[C@H](c3cccc(F)c3)N2C1=O. The van der Waals surface area contributed by atoms with Crippen LogP contribution in [-0.2, 0) is 4.79 Å². The Hall–Kier alpha value is -1.52. The number of halogens is 3. The van der Waals surface area contributed by atoms with E-state index in [0.717, 1.165) is 6.92 Å². The highest BCUT2D eigenvalue weighted by molar-refractivity contribution is 5.87. The molecule has 2 aliphatic heterocycles. The fourth-order valence-electron chi connectivity index (χ4n) is 3.64.